The lowest BCUT2D eigenvalue weighted by atomic mass is 9.90. The maximum atomic E-state index is 6.06. The maximum absolute atomic E-state index is 6.06. The second-order valence-electron chi connectivity index (χ2n) is 8.58. The van der Waals surface area contributed by atoms with Crippen molar-refractivity contribution in [1.82, 2.24) is 9.88 Å². The lowest BCUT2D eigenvalue weighted by Crippen LogP contribution is -2.35. The molecule has 1 aromatic heterocycles. The summed E-state index contributed by atoms with van der Waals surface area (Å²) in [5.41, 5.74) is 6.51. The minimum absolute atomic E-state index is 0.239. The SMILES string of the molecule is CC(C)CCN1CCc2nc(COc3ccccc3)c3c(c2C1)COC(C)C3. The van der Waals surface area contributed by atoms with E-state index in [1.54, 1.807) is 0 Å². The molecule has 2 aliphatic heterocycles. The molecule has 0 saturated heterocycles. The van der Waals surface area contributed by atoms with Gasteiger partial charge >= 0.3 is 0 Å². The summed E-state index contributed by atoms with van der Waals surface area (Å²) < 4.78 is 12.1. The highest BCUT2D eigenvalue weighted by Gasteiger charge is 2.28. The van der Waals surface area contributed by atoms with E-state index < -0.39 is 0 Å². The van der Waals surface area contributed by atoms with E-state index in [-0.39, 0.29) is 6.10 Å². The van der Waals surface area contributed by atoms with E-state index in [1.165, 1.54) is 35.3 Å². The first kappa shape index (κ1) is 19.4. The molecule has 0 aliphatic carbocycles. The Morgan fingerprint density at radius 2 is 2.00 bits per heavy atom. The summed E-state index contributed by atoms with van der Waals surface area (Å²) in [5, 5.41) is 0. The maximum Gasteiger partial charge on any atom is 0.130 e. The Morgan fingerprint density at radius 1 is 1.18 bits per heavy atom. The van der Waals surface area contributed by atoms with Crippen LogP contribution in [0.15, 0.2) is 30.3 Å². The van der Waals surface area contributed by atoms with Crippen LogP contribution >= 0.6 is 0 Å². The molecule has 4 heteroatoms. The Hall–Kier alpha value is -1.91. The van der Waals surface area contributed by atoms with Crippen molar-refractivity contribution in [3.63, 3.8) is 0 Å². The molecule has 3 heterocycles. The third-order valence-corrected chi connectivity index (χ3v) is 5.89. The zero-order valence-corrected chi connectivity index (χ0v) is 17.4. The fraction of sp³-hybridized carbons (Fsp3) is 0.542. The molecule has 0 fully saturated rings. The molecule has 0 saturated carbocycles. The molecule has 28 heavy (non-hydrogen) atoms. The summed E-state index contributed by atoms with van der Waals surface area (Å²) in [5.74, 6) is 1.64. The van der Waals surface area contributed by atoms with Crippen LogP contribution in [0.4, 0.5) is 0 Å². The van der Waals surface area contributed by atoms with E-state index in [4.69, 9.17) is 14.5 Å². The number of hydrogen-bond donors (Lipinski definition) is 0. The lowest BCUT2D eigenvalue weighted by Gasteiger charge is -2.34. The van der Waals surface area contributed by atoms with E-state index in [9.17, 15) is 0 Å². The van der Waals surface area contributed by atoms with Crippen LogP contribution in [0, 0.1) is 5.92 Å². The summed E-state index contributed by atoms with van der Waals surface area (Å²) in [6.45, 7) is 11.3. The van der Waals surface area contributed by atoms with Crippen LogP contribution in [-0.2, 0) is 37.3 Å². The van der Waals surface area contributed by atoms with Gasteiger partial charge in [-0.25, -0.2) is 0 Å². The molecule has 0 amide bonds. The van der Waals surface area contributed by atoms with Crippen molar-refractivity contribution in [1.29, 1.82) is 0 Å². The van der Waals surface area contributed by atoms with Gasteiger partial charge in [0.25, 0.3) is 0 Å². The topological polar surface area (TPSA) is 34.6 Å². The molecule has 2 aromatic rings. The third kappa shape index (κ3) is 4.39. The number of ether oxygens (including phenoxy) is 2. The van der Waals surface area contributed by atoms with Gasteiger partial charge < -0.3 is 9.47 Å². The van der Waals surface area contributed by atoms with Crippen molar-refractivity contribution in [2.24, 2.45) is 5.92 Å². The second-order valence-corrected chi connectivity index (χ2v) is 8.58. The minimum atomic E-state index is 0.239. The lowest BCUT2D eigenvalue weighted by molar-refractivity contribution is 0.0387. The van der Waals surface area contributed by atoms with Crippen molar-refractivity contribution in [3.8, 4) is 5.75 Å². The summed E-state index contributed by atoms with van der Waals surface area (Å²) in [4.78, 5) is 7.68. The Morgan fingerprint density at radius 3 is 2.79 bits per heavy atom. The zero-order chi connectivity index (χ0) is 19.5. The van der Waals surface area contributed by atoms with Gasteiger partial charge in [0, 0.05) is 31.6 Å². The Bertz CT molecular complexity index is 804. The van der Waals surface area contributed by atoms with Crippen LogP contribution in [0.3, 0.4) is 0 Å². The molecule has 1 unspecified atom stereocenters. The van der Waals surface area contributed by atoms with Crippen LogP contribution in [0.5, 0.6) is 5.75 Å². The Balaban J connectivity index is 1.59. The van der Waals surface area contributed by atoms with Crippen LogP contribution in [-0.4, -0.2) is 29.1 Å². The van der Waals surface area contributed by atoms with Crippen LogP contribution < -0.4 is 4.74 Å². The Labute approximate surface area is 168 Å². The molecule has 1 atom stereocenters. The standard InChI is InChI=1S/C24H32N2O2/c1-17(2)9-11-26-12-10-23-21(14-26)22-15-27-18(3)13-20(22)24(25-23)16-28-19-7-5-4-6-8-19/h4-8,17-18H,9-16H2,1-3H3. The molecule has 150 valence electrons. The number of para-hydroxylation sites is 1. The van der Waals surface area contributed by atoms with Crippen molar-refractivity contribution in [2.45, 2.75) is 65.9 Å². The number of hydrogen-bond acceptors (Lipinski definition) is 4. The smallest absolute Gasteiger partial charge is 0.130 e. The summed E-state index contributed by atoms with van der Waals surface area (Å²) in [6.07, 6.45) is 3.44. The number of rotatable bonds is 6. The largest absolute Gasteiger partial charge is 0.487 e. The van der Waals surface area contributed by atoms with E-state index in [0.717, 1.165) is 43.3 Å². The van der Waals surface area contributed by atoms with Crippen LogP contribution in [0.1, 0.15) is 55.3 Å². The first-order valence-corrected chi connectivity index (χ1v) is 10.6. The quantitative estimate of drug-likeness (QED) is 0.738. The molecule has 0 spiro atoms. The van der Waals surface area contributed by atoms with Crippen LogP contribution in [0.2, 0.25) is 0 Å². The fourth-order valence-electron chi connectivity index (χ4n) is 4.20. The normalized spacial score (nSPS) is 19.4. The van der Waals surface area contributed by atoms with Crippen molar-refractivity contribution in [2.75, 3.05) is 13.1 Å². The minimum Gasteiger partial charge on any atom is -0.487 e. The fourth-order valence-corrected chi connectivity index (χ4v) is 4.20. The van der Waals surface area contributed by atoms with Gasteiger partial charge in [-0.2, -0.15) is 0 Å². The average molecular weight is 381 g/mol. The molecular formula is C24H32N2O2. The van der Waals surface area contributed by atoms with Crippen molar-refractivity contribution < 1.29 is 9.47 Å². The number of benzene rings is 1. The third-order valence-electron chi connectivity index (χ3n) is 5.89. The average Bonchev–Trinajstić information content (AvgIpc) is 2.71. The second kappa shape index (κ2) is 8.62. The van der Waals surface area contributed by atoms with E-state index in [2.05, 4.69) is 25.7 Å². The number of fused-ring (bicyclic) bond motifs is 3. The summed E-state index contributed by atoms with van der Waals surface area (Å²) in [7, 11) is 0. The monoisotopic (exact) mass is 380 g/mol. The van der Waals surface area contributed by atoms with Crippen molar-refractivity contribution >= 4 is 0 Å². The first-order valence-electron chi connectivity index (χ1n) is 10.6. The molecule has 4 rings (SSSR count). The van der Waals surface area contributed by atoms with Crippen molar-refractivity contribution in [3.05, 3.63) is 58.4 Å². The van der Waals surface area contributed by atoms with Gasteiger partial charge in [-0.05, 0) is 54.6 Å². The molecule has 0 N–H and O–H groups in total. The summed E-state index contributed by atoms with van der Waals surface area (Å²) in [6, 6.07) is 10.0. The molecule has 4 nitrogen and oxygen atoms in total. The van der Waals surface area contributed by atoms with Crippen LogP contribution in [0.25, 0.3) is 0 Å². The highest BCUT2D eigenvalue weighted by molar-refractivity contribution is 5.43. The van der Waals surface area contributed by atoms with Gasteiger partial charge in [0.05, 0.1) is 18.4 Å². The molecule has 0 bridgehead atoms. The van der Waals surface area contributed by atoms with E-state index >= 15 is 0 Å². The summed E-state index contributed by atoms with van der Waals surface area (Å²) >= 11 is 0. The Kier molecular flexibility index (Phi) is 5.98. The van der Waals surface area contributed by atoms with E-state index in [0.29, 0.717) is 13.2 Å². The number of aromatic nitrogens is 1. The molecule has 1 aromatic carbocycles. The highest BCUT2D eigenvalue weighted by atomic mass is 16.5. The zero-order valence-electron chi connectivity index (χ0n) is 17.4. The highest BCUT2D eigenvalue weighted by Crippen LogP contribution is 2.32. The van der Waals surface area contributed by atoms with Gasteiger partial charge in [0.1, 0.15) is 12.4 Å². The van der Waals surface area contributed by atoms with Gasteiger partial charge in [-0.1, -0.05) is 32.0 Å². The predicted octanol–water partition coefficient (Wildman–Crippen LogP) is 4.53. The first-order chi connectivity index (χ1) is 13.6. The van der Waals surface area contributed by atoms with E-state index in [1.807, 2.05) is 30.3 Å². The van der Waals surface area contributed by atoms with Gasteiger partial charge in [-0.3, -0.25) is 9.88 Å². The molecule has 2 aliphatic rings. The number of pyridine rings is 1. The predicted molar refractivity (Wildman–Crippen MR) is 111 cm³/mol. The molecular weight excluding hydrogens is 348 g/mol. The van der Waals surface area contributed by atoms with Gasteiger partial charge in [0.2, 0.25) is 0 Å². The van der Waals surface area contributed by atoms with Gasteiger partial charge in [0.15, 0.2) is 0 Å². The number of nitrogens with zero attached hydrogens (tertiary/aromatic N) is 2. The van der Waals surface area contributed by atoms with Gasteiger partial charge in [-0.15, -0.1) is 0 Å². The molecule has 0 radical (unpaired) electrons.